The van der Waals surface area contributed by atoms with Crippen LogP contribution in [0, 0.1) is 23.7 Å². The topological polar surface area (TPSA) is 35.5 Å². The molecule has 0 saturated carbocycles. The second-order valence-corrected chi connectivity index (χ2v) is 7.20. The van der Waals surface area contributed by atoms with Gasteiger partial charge in [0, 0.05) is 25.4 Å². The molecule has 0 amide bonds. The summed E-state index contributed by atoms with van der Waals surface area (Å²) >= 11 is 0. The summed E-state index contributed by atoms with van der Waals surface area (Å²) in [5.74, 6) is 1.58. The molecule has 0 spiro atoms. The number of ether oxygens (including phenoxy) is 2. The van der Waals surface area contributed by atoms with Crippen LogP contribution in [-0.2, 0) is 14.3 Å². The van der Waals surface area contributed by atoms with Gasteiger partial charge in [-0.3, -0.25) is 4.79 Å². The summed E-state index contributed by atoms with van der Waals surface area (Å²) < 4.78 is 12.0. The number of hydrogen-bond acceptors (Lipinski definition) is 3. The first-order valence-corrected chi connectivity index (χ1v) is 7.98. The van der Waals surface area contributed by atoms with Crippen LogP contribution in [0.3, 0.4) is 0 Å². The highest BCUT2D eigenvalue weighted by Gasteiger charge is 2.46. The van der Waals surface area contributed by atoms with Gasteiger partial charge in [0.05, 0.1) is 18.3 Å². The standard InChI is InChI=1S/C17H32O3/c1-10(2)8-15-17(19-7)13(9-14(18)11(3)4)16(20-15)12(5)6/h10-13,15-17H,8-9H2,1-7H3/t13-,15+,16-,17+/m0/s1. The minimum Gasteiger partial charge on any atom is -0.378 e. The molecule has 0 bridgehead atoms. The van der Waals surface area contributed by atoms with Gasteiger partial charge in [0.1, 0.15) is 5.78 Å². The van der Waals surface area contributed by atoms with Crippen LogP contribution in [0.25, 0.3) is 0 Å². The van der Waals surface area contributed by atoms with E-state index < -0.39 is 0 Å². The fourth-order valence-electron chi connectivity index (χ4n) is 3.18. The van der Waals surface area contributed by atoms with E-state index in [-0.39, 0.29) is 30.1 Å². The lowest BCUT2D eigenvalue weighted by atomic mass is 9.83. The van der Waals surface area contributed by atoms with Crippen molar-refractivity contribution in [2.75, 3.05) is 7.11 Å². The van der Waals surface area contributed by atoms with Crippen LogP contribution in [-0.4, -0.2) is 31.2 Å². The Morgan fingerprint density at radius 3 is 2.15 bits per heavy atom. The molecule has 1 rings (SSSR count). The van der Waals surface area contributed by atoms with Crippen molar-refractivity contribution in [2.45, 2.75) is 72.7 Å². The van der Waals surface area contributed by atoms with E-state index in [4.69, 9.17) is 9.47 Å². The summed E-state index contributed by atoms with van der Waals surface area (Å²) in [7, 11) is 1.75. The Morgan fingerprint density at radius 2 is 1.75 bits per heavy atom. The quantitative estimate of drug-likeness (QED) is 0.715. The molecule has 0 N–H and O–H groups in total. The highest BCUT2D eigenvalue weighted by molar-refractivity contribution is 5.80. The Hall–Kier alpha value is -0.410. The lowest BCUT2D eigenvalue weighted by molar-refractivity contribution is -0.124. The summed E-state index contributed by atoms with van der Waals surface area (Å²) in [6.07, 6.45) is 1.87. The molecule has 0 unspecified atom stereocenters. The predicted octanol–water partition coefficient (Wildman–Crippen LogP) is 3.70. The molecule has 1 fully saturated rings. The minimum atomic E-state index is 0.0486. The predicted molar refractivity (Wildman–Crippen MR) is 81.7 cm³/mol. The number of carbonyl (C=O) groups excluding carboxylic acids is 1. The highest BCUT2D eigenvalue weighted by Crippen LogP contribution is 2.38. The van der Waals surface area contributed by atoms with Crippen LogP contribution in [0.2, 0.25) is 0 Å². The van der Waals surface area contributed by atoms with Crippen LogP contribution in [0.5, 0.6) is 0 Å². The Bertz CT molecular complexity index is 309. The van der Waals surface area contributed by atoms with Gasteiger partial charge >= 0.3 is 0 Å². The van der Waals surface area contributed by atoms with Crippen LogP contribution in [0.1, 0.15) is 54.4 Å². The maximum Gasteiger partial charge on any atom is 0.135 e. The summed E-state index contributed by atoms with van der Waals surface area (Å²) in [5.41, 5.74) is 0. The van der Waals surface area contributed by atoms with Gasteiger partial charge in [-0.1, -0.05) is 41.5 Å². The van der Waals surface area contributed by atoms with E-state index in [1.54, 1.807) is 7.11 Å². The van der Waals surface area contributed by atoms with Crippen molar-refractivity contribution in [1.29, 1.82) is 0 Å². The summed E-state index contributed by atoms with van der Waals surface area (Å²) in [6, 6.07) is 0. The Labute approximate surface area is 124 Å². The Balaban J connectivity index is 2.86. The minimum absolute atomic E-state index is 0.0486. The summed E-state index contributed by atoms with van der Waals surface area (Å²) in [6.45, 7) is 12.7. The number of methoxy groups -OCH3 is 1. The van der Waals surface area contributed by atoms with Crippen molar-refractivity contribution in [3.05, 3.63) is 0 Å². The van der Waals surface area contributed by atoms with Gasteiger partial charge in [-0.2, -0.15) is 0 Å². The Morgan fingerprint density at radius 1 is 1.15 bits per heavy atom. The second kappa shape index (κ2) is 7.56. The van der Waals surface area contributed by atoms with E-state index in [9.17, 15) is 4.79 Å². The third-order valence-corrected chi connectivity index (χ3v) is 4.26. The van der Waals surface area contributed by atoms with Gasteiger partial charge in [0.15, 0.2) is 0 Å². The molecular formula is C17H32O3. The van der Waals surface area contributed by atoms with Crippen molar-refractivity contribution in [2.24, 2.45) is 23.7 Å². The van der Waals surface area contributed by atoms with Crippen molar-refractivity contribution in [1.82, 2.24) is 0 Å². The van der Waals surface area contributed by atoms with E-state index in [1.807, 2.05) is 13.8 Å². The highest BCUT2D eigenvalue weighted by atomic mass is 16.6. The van der Waals surface area contributed by atoms with Crippen molar-refractivity contribution < 1.29 is 14.3 Å². The normalized spacial score (nSPS) is 30.7. The van der Waals surface area contributed by atoms with Crippen LogP contribution in [0.15, 0.2) is 0 Å². The van der Waals surface area contributed by atoms with Gasteiger partial charge in [0.2, 0.25) is 0 Å². The molecule has 0 aromatic rings. The molecule has 3 heteroatoms. The van der Waals surface area contributed by atoms with E-state index in [1.165, 1.54) is 0 Å². The molecule has 20 heavy (non-hydrogen) atoms. The first-order valence-electron chi connectivity index (χ1n) is 7.98. The SMILES string of the molecule is CO[C@@H]1[C@@H](CC(=O)C(C)C)[C@H](C(C)C)O[C@@H]1CC(C)C. The van der Waals surface area contributed by atoms with Gasteiger partial charge < -0.3 is 9.47 Å². The number of carbonyl (C=O) groups is 1. The van der Waals surface area contributed by atoms with E-state index in [0.717, 1.165) is 6.42 Å². The zero-order valence-electron chi connectivity index (χ0n) is 14.2. The van der Waals surface area contributed by atoms with Crippen molar-refractivity contribution in [3.63, 3.8) is 0 Å². The zero-order chi connectivity index (χ0) is 15.4. The van der Waals surface area contributed by atoms with Crippen molar-refractivity contribution >= 4 is 5.78 Å². The number of ketones is 1. The Kier molecular flexibility index (Phi) is 6.67. The lowest BCUT2D eigenvalue weighted by Crippen LogP contribution is -2.34. The lowest BCUT2D eigenvalue weighted by Gasteiger charge is -2.25. The van der Waals surface area contributed by atoms with E-state index in [0.29, 0.717) is 24.0 Å². The van der Waals surface area contributed by atoms with Crippen LogP contribution < -0.4 is 0 Å². The molecule has 118 valence electrons. The van der Waals surface area contributed by atoms with Crippen molar-refractivity contribution in [3.8, 4) is 0 Å². The van der Waals surface area contributed by atoms with E-state index in [2.05, 4.69) is 27.7 Å². The smallest absolute Gasteiger partial charge is 0.135 e. The van der Waals surface area contributed by atoms with Gasteiger partial charge in [-0.05, 0) is 18.3 Å². The van der Waals surface area contributed by atoms with Gasteiger partial charge in [0.25, 0.3) is 0 Å². The summed E-state index contributed by atoms with van der Waals surface area (Å²) in [5, 5.41) is 0. The molecular weight excluding hydrogens is 252 g/mol. The molecule has 0 aliphatic carbocycles. The molecule has 0 aromatic carbocycles. The number of rotatable bonds is 7. The van der Waals surface area contributed by atoms with Gasteiger partial charge in [-0.25, -0.2) is 0 Å². The van der Waals surface area contributed by atoms with Crippen LogP contribution >= 0.6 is 0 Å². The third-order valence-electron chi connectivity index (χ3n) is 4.26. The maximum absolute atomic E-state index is 12.1. The average Bonchev–Trinajstić information content (AvgIpc) is 2.66. The summed E-state index contributed by atoms with van der Waals surface area (Å²) in [4.78, 5) is 12.1. The molecule has 1 saturated heterocycles. The molecule has 1 aliphatic rings. The monoisotopic (exact) mass is 284 g/mol. The number of Topliss-reactive ketones (excluding diaryl/α,β-unsaturated/α-hetero) is 1. The molecule has 3 nitrogen and oxygen atoms in total. The molecule has 1 heterocycles. The fourth-order valence-corrected chi connectivity index (χ4v) is 3.18. The molecule has 1 aliphatic heterocycles. The fraction of sp³-hybridized carbons (Fsp3) is 0.941. The largest absolute Gasteiger partial charge is 0.378 e. The maximum atomic E-state index is 12.1. The first kappa shape index (κ1) is 17.6. The number of hydrogen-bond donors (Lipinski definition) is 0. The molecule has 0 radical (unpaired) electrons. The van der Waals surface area contributed by atoms with Gasteiger partial charge in [-0.15, -0.1) is 0 Å². The first-order chi connectivity index (χ1) is 9.27. The second-order valence-electron chi connectivity index (χ2n) is 7.20. The zero-order valence-corrected chi connectivity index (χ0v) is 14.2. The van der Waals surface area contributed by atoms with E-state index >= 15 is 0 Å². The van der Waals surface area contributed by atoms with Crippen LogP contribution in [0.4, 0.5) is 0 Å². The molecule has 4 atom stereocenters. The average molecular weight is 284 g/mol. The third kappa shape index (κ3) is 4.29. The molecule has 0 aromatic heterocycles.